The topological polar surface area (TPSA) is 66.5 Å². The second-order valence-corrected chi connectivity index (χ2v) is 5.15. The molecule has 0 amide bonds. The Labute approximate surface area is 106 Å². The third-order valence-electron chi connectivity index (χ3n) is 3.63. The van der Waals surface area contributed by atoms with Gasteiger partial charge in [0.1, 0.15) is 5.75 Å². The van der Waals surface area contributed by atoms with Gasteiger partial charge in [0.15, 0.2) is 0 Å². The fourth-order valence-electron chi connectivity index (χ4n) is 2.58. The van der Waals surface area contributed by atoms with E-state index < -0.39 is 12.1 Å². The summed E-state index contributed by atoms with van der Waals surface area (Å²) < 4.78 is 0. The highest BCUT2D eigenvalue weighted by Gasteiger charge is 2.30. The van der Waals surface area contributed by atoms with E-state index in [2.05, 4.69) is 0 Å². The molecular weight excluding hydrogens is 238 g/mol. The average molecular weight is 256 g/mol. The van der Waals surface area contributed by atoms with E-state index in [1.54, 1.807) is 18.2 Å². The number of aromatic hydroxyl groups is 1. The summed E-state index contributed by atoms with van der Waals surface area (Å²) >= 11 is 5.84. The summed E-state index contributed by atoms with van der Waals surface area (Å²) in [5, 5.41) is 20.3. The summed E-state index contributed by atoms with van der Waals surface area (Å²) in [5.41, 5.74) is 6.54. The van der Waals surface area contributed by atoms with Crippen LogP contribution >= 0.6 is 11.6 Å². The number of phenols is 1. The van der Waals surface area contributed by atoms with Crippen LogP contribution in [-0.2, 0) is 0 Å². The number of hydrogen-bond acceptors (Lipinski definition) is 3. The van der Waals surface area contributed by atoms with Gasteiger partial charge in [0.25, 0.3) is 0 Å². The van der Waals surface area contributed by atoms with Crippen LogP contribution in [0.4, 0.5) is 0 Å². The van der Waals surface area contributed by atoms with Crippen LogP contribution in [0.5, 0.6) is 5.75 Å². The molecule has 0 spiro atoms. The van der Waals surface area contributed by atoms with Gasteiger partial charge in [-0.15, -0.1) is 0 Å². The third kappa shape index (κ3) is 2.57. The number of nitrogens with two attached hydrogens (primary N) is 1. The molecule has 17 heavy (non-hydrogen) atoms. The maximum Gasteiger partial charge on any atom is 0.139 e. The van der Waals surface area contributed by atoms with Crippen molar-refractivity contribution in [2.75, 3.05) is 0 Å². The van der Waals surface area contributed by atoms with Crippen molar-refractivity contribution < 1.29 is 10.2 Å². The highest BCUT2D eigenvalue weighted by molar-refractivity contribution is 6.32. The van der Waals surface area contributed by atoms with Gasteiger partial charge in [-0.25, -0.2) is 0 Å². The maximum atomic E-state index is 10.2. The minimum Gasteiger partial charge on any atom is -0.506 e. The van der Waals surface area contributed by atoms with Crippen molar-refractivity contribution in [2.45, 2.75) is 37.8 Å². The Hall–Kier alpha value is -0.770. The van der Waals surface area contributed by atoms with E-state index in [4.69, 9.17) is 17.3 Å². The lowest BCUT2D eigenvalue weighted by molar-refractivity contribution is 0.0836. The zero-order valence-corrected chi connectivity index (χ0v) is 10.4. The zero-order chi connectivity index (χ0) is 12.4. The lowest BCUT2D eigenvalue weighted by atomic mass is 9.90. The average Bonchev–Trinajstić information content (AvgIpc) is 2.84. The summed E-state index contributed by atoms with van der Waals surface area (Å²) in [6.07, 6.45) is 3.71. The van der Waals surface area contributed by atoms with Gasteiger partial charge in [0, 0.05) is 5.56 Å². The van der Waals surface area contributed by atoms with Crippen molar-refractivity contribution in [1.82, 2.24) is 0 Å². The second kappa shape index (κ2) is 5.25. The van der Waals surface area contributed by atoms with Gasteiger partial charge in [-0.05, 0) is 24.8 Å². The van der Waals surface area contributed by atoms with E-state index in [0.29, 0.717) is 5.56 Å². The first kappa shape index (κ1) is 12.7. The van der Waals surface area contributed by atoms with Gasteiger partial charge in [-0.2, -0.15) is 0 Å². The molecule has 0 radical (unpaired) electrons. The Balaban J connectivity index is 2.18. The van der Waals surface area contributed by atoms with Gasteiger partial charge in [-0.1, -0.05) is 36.6 Å². The standard InChI is InChI=1S/C13H18ClNO2/c14-10-7-3-6-9(13(10)17)11(15)12(16)8-4-1-2-5-8/h3,6-8,11-12,16-17H,1-2,4-5,15H2/t11-,12+/m1/s1. The Kier molecular flexibility index (Phi) is 3.92. The Morgan fingerprint density at radius 2 is 1.94 bits per heavy atom. The molecular formula is C13H18ClNO2. The fraction of sp³-hybridized carbons (Fsp3) is 0.538. The van der Waals surface area contributed by atoms with Gasteiger partial charge in [-0.3, -0.25) is 0 Å². The predicted octanol–water partition coefficient (Wildman–Crippen LogP) is 2.60. The van der Waals surface area contributed by atoms with E-state index in [0.717, 1.165) is 25.7 Å². The number of aliphatic hydroxyl groups is 1. The largest absolute Gasteiger partial charge is 0.506 e. The first-order valence-electron chi connectivity index (χ1n) is 6.02. The molecule has 0 saturated heterocycles. The van der Waals surface area contributed by atoms with E-state index in [9.17, 15) is 10.2 Å². The first-order chi connectivity index (χ1) is 8.11. The molecule has 0 unspecified atom stereocenters. The molecule has 1 saturated carbocycles. The van der Waals surface area contributed by atoms with Crippen molar-refractivity contribution in [2.24, 2.45) is 11.7 Å². The molecule has 4 N–H and O–H groups in total. The van der Waals surface area contributed by atoms with Crippen molar-refractivity contribution in [3.8, 4) is 5.75 Å². The fourth-order valence-corrected chi connectivity index (χ4v) is 2.76. The normalized spacial score (nSPS) is 20.4. The molecule has 0 bridgehead atoms. The lowest BCUT2D eigenvalue weighted by Crippen LogP contribution is -2.32. The summed E-state index contributed by atoms with van der Waals surface area (Å²) in [6, 6.07) is 4.48. The van der Waals surface area contributed by atoms with Gasteiger partial charge >= 0.3 is 0 Å². The molecule has 1 fully saturated rings. The molecule has 0 heterocycles. The number of rotatable bonds is 3. The number of aliphatic hydroxyl groups excluding tert-OH is 1. The molecule has 1 aromatic rings. The van der Waals surface area contributed by atoms with Crippen molar-refractivity contribution in [1.29, 1.82) is 0 Å². The van der Waals surface area contributed by atoms with Crippen molar-refractivity contribution >= 4 is 11.6 Å². The van der Waals surface area contributed by atoms with Crippen LogP contribution in [0.15, 0.2) is 18.2 Å². The minimum absolute atomic E-state index is 0.0151. The smallest absolute Gasteiger partial charge is 0.139 e. The van der Waals surface area contributed by atoms with E-state index >= 15 is 0 Å². The molecule has 2 rings (SSSR count). The molecule has 1 aromatic carbocycles. The van der Waals surface area contributed by atoms with Gasteiger partial charge < -0.3 is 15.9 Å². The second-order valence-electron chi connectivity index (χ2n) is 4.74. The van der Waals surface area contributed by atoms with Gasteiger partial charge in [0.05, 0.1) is 17.2 Å². The maximum absolute atomic E-state index is 10.2. The van der Waals surface area contributed by atoms with Crippen LogP contribution in [0.25, 0.3) is 0 Å². The van der Waals surface area contributed by atoms with Crippen molar-refractivity contribution in [3.63, 3.8) is 0 Å². The van der Waals surface area contributed by atoms with Crippen LogP contribution in [0.2, 0.25) is 5.02 Å². The predicted molar refractivity (Wildman–Crippen MR) is 68.0 cm³/mol. The molecule has 4 heteroatoms. The van der Waals surface area contributed by atoms with Crippen LogP contribution in [0, 0.1) is 5.92 Å². The van der Waals surface area contributed by atoms with E-state index in [1.165, 1.54) is 0 Å². The van der Waals surface area contributed by atoms with Gasteiger partial charge in [0.2, 0.25) is 0 Å². The van der Waals surface area contributed by atoms with E-state index in [1.807, 2.05) is 0 Å². The summed E-state index contributed by atoms with van der Waals surface area (Å²) in [5.74, 6) is 0.224. The Morgan fingerprint density at radius 3 is 2.59 bits per heavy atom. The van der Waals surface area contributed by atoms with Crippen LogP contribution in [0.3, 0.4) is 0 Å². The Morgan fingerprint density at radius 1 is 1.29 bits per heavy atom. The molecule has 0 aromatic heterocycles. The third-order valence-corrected chi connectivity index (χ3v) is 3.93. The monoisotopic (exact) mass is 255 g/mol. The Bertz CT molecular complexity index is 391. The SMILES string of the molecule is N[C@H](c1cccc(Cl)c1O)[C@@H](O)C1CCCC1. The first-order valence-corrected chi connectivity index (χ1v) is 6.40. The molecule has 1 aliphatic rings. The zero-order valence-electron chi connectivity index (χ0n) is 9.64. The lowest BCUT2D eigenvalue weighted by Gasteiger charge is -2.25. The minimum atomic E-state index is -0.609. The number of phenolic OH excluding ortho intramolecular Hbond substituents is 1. The number of hydrogen-bond donors (Lipinski definition) is 3. The number of para-hydroxylation sites is 1. The van der Waals surface area contributed by atoms with E-state index in [-0.39, 0.29) is 16.7 Å². The highest BCUT2D eigenvalue weighted by atomic mass is 35.5. The highest BCUT2D eigenvalue weighted by Crippen LogP contribution is 2.37. The quantitative estimate of drug-likeness (QED) is 0.778. The van der Waals surface area contributed by atoms with Crippen LogP contribution in [-0.4, -0.2) is 16.3 Å². The molecule has 2 atom stereocenters. The number of benzene rings is 1. The molecule has 0 aliphatic heterocycles. The van der Waals surface area contributed by atoms with Crippen LogP contribution < -0.4 is 5.73 Å². The summed E-state index contributed by atoms with van der Waals surface area (Å²) in [4.78, 5) is 0. The molecule has 3 nitrogen and oxygen atoms in total. The molecule has 94 valence electrons. The molecule has 1 aliphatic carbocycles. The summed E-state index contributed by atoms with van der Waals surface area (Å²) in [7, 11) is 0. The van der Waals surface area contributed by atoms with Crippen molar-refractivity contribution in [3.05, 3.63) is 28.8 Å². The van der Waals surface area contributed by atoms with Crippen LogP contribution in [0.1, 0.15) is 37.3 Å². The number of halogens is 1. The summed E-state index contributed by atoms with van der Waals surface area (Å²) in [6.45, 7) is 0.